The molecule has 1 atom stereocenters. The highest BCUT2D eigenvalue weighted by molar-refractivity contribution is 5.79. The van der Waals surface area contributed by atoms with Crippen molar-refractivity contribution in [1.29, 1.82) is 0 Å². The maximum Gasteiger partial charge on any atom is 0.227 e. The zero-order valence-electron chi connectivity index (χ0n) is 12.5. The van der Waals surface area contributed by atoms with Crippen LogP contribution in [0.1, 0.15) is 29.4 Å². The van der Waals surface area contributed by atoms with Gasteiger partial charge >= 0.3 is 0 Å². The van der Waals surface area contributed by atoms with Crippen LogP contribution in [-0.2, 0) is 18.3 Å². The molecule has 0 radical (unpaired) electrons. The van der Waals surface area contributed by atoms with Crippen LogP contribution in [0.4, 0.5) is 0 Å². The third kappa shape index (κ3) is 2.96. The molecule has 2 aromatic rings. The molecule has 3 heterocycles. The Kier molecular flexibility index (Phi) is 3.73. The topological polar surface area (TPSA) is 51.0 Å². The van der Waals surface area contributed by atoms with Crippen molar-refractivity contribution < 1.29 is 4.79 Å². The molecule has 1 aliphatic heterocycles. The molecule has 21 heavy (non-hydrogen) atoms. The highest BCUT2D eigenvalue weighted by Gasteiger charge is 2.29. The van der Waals surface area contributed by atoms with Crippen LogP contribution < -0.4 is 0 Å². The first-order valence-corrected chi connectivity index (χ1v) is 7.30. The van der Waals surface area contributed by atoms with Crippen molar-refractivity contribution in [3.05, 3.63) is 47.8 Å². The highest BCUT2D eigenvalue weighted by atomic mass is 16.2. The fourth-order valence-corrected chi connectivity index (χ4v) is 3.00. The Morgan fingerprint density at radius 3 is 3.00 bits per heavy atom. The summed E-state index contributed by atoms with van der Waals surface area (Å²) in [7, 11) is 2.02. The monoisotopic (exact) mass is 284 g/mol. The Hall–Kier alpha value is -2.17. The van der Waals surface area contributed by atoms with Crippen molar-refractivity contribution in [2.75, 3.05) is 13.1 Å². The number of hydrogen-bond acceptors (Lipinski definition) is 3. The molecule has 5 nitrogen and oxygen atoms in total. The normalized spacial score (nSPS) is 18.2. The predicted molar refractivity (Wildman–Crippen MR) is 79.8 cm³/mol. The number of rotatable bonds is 3. The third-order valence-electron chi connectivity index (χ3n) is 4.02. The quantitative estimate of drug-likeness (QED) is 0.861. The lowest BCUT2D eigenvalue weighted by molar-refractivity contribution is -0.129. The van der Waals surface area contributed by atoms with E-state index in [1.807, 2.05) is 37.2 Å². The van der Waals surface area contributed by atoms with Gasteiger partial charge in [-0.3, -0.25) is 9.78 Å². The van der Waals surface area contributed by atoms with Gasteiger partial charge in [0.1, 0.15) is 5.82 Å². The number of aryl methyl sites for hydroxylation is 2. The zero-order chi connectivity index (χ0) is 14.8. The molecule has 2 aromatic heterocycles. The summed E-state index contributed by atoms with van der Waals surface area (Å²) >= 11 is 0. The number of pyridine rings is 1. The molecule has 0 bridgehead atoms. The van der Waals surface area contributed by atoms with Gasteiger partial charge in [0.25, 0.3) is 0 Å². The number of aromatic nitrogens is 3. The number of carbonyl (C=O) groups is 1. The summed E-state index contributed by atoms with van der Waals surface area (Å²) in [6.45, 7) is 3.59. The van der Waals surface area contributed by atoms with Crippen LogP contribution in [0.2, 0.25) is 0 Å². The molecular weight excluding hydrogens is 264 g/mol. The average molecular weight is 284 g/mol. The van der Waals surface area contributed by atoms with E-state index in [9.17, 15) is 4.79 Å². The fourth-order valence-electron chi connectivity index (χ4n) is 3.00. The number of nitrogens with zero attached hydrogens (tertiary/aromatic N) is 4. The van der Waals surface area contributed by atoms with E-state index in [1.54, 1.807) is 12.4 Å². The molecule has 0 aromatic carbocycles. The smallest absolute Gasteiger partial charge is 0.227 e. The van der Waals surface area contributed by atoms with Gasteiger partial charge in [0.05, 0.1) is 12.1 Å². The van der Waals surface area contributed by atoms with E-state index in [2.05, 4.69) is 14.5 Å². The first-order valence-electron chi connectivity index (χ1n) is 7.30. The van der Waals surface area contributed by atoms with Crippen LogP contribution in [0, 0.1) is 6.92 Å². The van der Waals surface area contributed by atoms with E-state index in [0.717, 1.165) is 36.6 Å². The van der Waals surface area contributed by atoms with E-state index in [-0.39, 0.29) is 5.91 Å². The lowest BCUT2D eigenvalue weighted by Crippen LogP contribution is -2.30. The first-order chi connectivity index (χ1) is 10.1. The van der Waals surface area contributed by atoms with Crippen molar-refractivity contribution >= 4 is 5.91 Å². The molecule has 1 fully saturated rings. The molecule has 1 aliphatic rings. The molecule has 3 rings (SSSR count). The van der Waals surface area contributed by atoms with E-state index in [0.29, 0.717) is 12.3 Å². The van der Waals surface area contributed by atoms with Crippen LogP contribution in [-0.4, -0.2) is 38.4 Å². The predicted octanol–water partition coefficient (Wildman–Crippen LogP) is 1.68. The molecule has 110 valence electrons. The summed E-state index contributed by atoms with van der Waals surface area (Å²) in [5, 5.41) is 0. The summed E-state index contributed by atoms with van der Waals surface area (Å²) in [5.74, 6) is 1.61. The fraction of sp³-hybridized carbons (Fsp3) is 0.438. The summed E-state index contributed by atoms with van der Waals surface area (Å²) in [5.41, 5.74) is 2.01. The van der Waals surface area contributed by atoms with Crippen LogP contribution in [0.25, 0.3) is 0 Å². The summed E-state index contributed by atoms with van der Waals surface area (Å²) < 4.78 is 2.08. The lowest BCUT2D eigenvalue weighted by atomic mass is 10.1. The molecule has 0 spiro atoms. The Morgan fingerprint density at radius 2 is 2.33 bits per heavy atom. The minimum absolute atomic E-state index is 0.177. The van der Waals surface area contributed by atoms with Crippen molar-refractivity contribution in [3.63, 3.8) is 0 Å². The average Bonchev–Trinajstić information content (AvgIpc) is 3.06. The van der Waals surface area contributed by atoms with Crippen molar-refractivity contribution in [1.82, 2.24) is 19.4 Å². The maximum atomic E-state index is 12.4. The van der Waals surface area contributed by atoms with Gasteiger partial charge in [-0.2, -0.15) is 0 Å². The van der Waals surface area contributed by atoms with Crippen LogP contribution >= 0.6 is 0 Å². The van der Waals surface area contributed by atoms with Crippen molar-refractivity contribution in [2.24, 2.45) is 7.05 Å². The minimum atomic E-state index is 0.177. The van der Waals surface area contributed by atoms with Gasteiger partial charge in [0, 0.05) is 44.6 Å². The van der Waals surface area contributed by atoms with Gasteiger partial charge in [-0.25, -0.2) is 4.98 Å². The second-order valence-electron chi connectivity index (χ2n) is 5.71. The standard InChI is InChI=1S/C16H20N4O/c1-12-10-19(2)16(18-12)14-5-7-20(11-14)15(21)8-13-4-3-6-17-9-13/h3-4,6,9-10,14H,5,7-8,11H2,1-2H3/t14-/m1/s1. The second-order valence-corrected chi connectivity index (χ2v) is 5.71. The maximum absolute atomic E-state index is 12.4. The number of amides is 1. The molecule has 0 saturated carbocycles. The highest BCUT2D eigenvalue weighted by Crippen LogP contribution is 2.26. The van der Waals surface area contributed by atoms with Crippen LogP contribution in [0.3, 0.4) is 0 Å². The Labute approximate surface area is 124 Å². The lowest BCUT2D eigenvalue weighted by Gasteiger charge is -2.16. The van der Waals surface area contributed by atoms with E-state index in [4.69, 9.17) is 0 Å². The summed E-state index contributed by atoms with van der Waals surface area (Å²) in [4.78, 5) is 22.9. The molecule has 0 unspecified atom stereocenters. The zero-order valence-corrected chi connectivity index (χ0v) is 12.5. The third-order valence-corrected chi connectivity index (χ3v) is 4.02. The molecular formula is C16H20N4O. The largest absolute Gasteiger partial charge is 0.342 e. The number of imidazole rings is 1. The minimum Gasteiger partial charge on any atom is -0.342 e. The van der Waals surface area contributed by atoms with E-state index >= 15 is 0 Å². The Morgan fingerprint density at radius 1 is 1.48 bits per heavy atom. The SMILES string of the molecule is Cc1cn(C)c([C@@H]2CCN(C(=O)Cc3cccnc3)C2)n1. The number of hydrogen-bond donors (Lipinski definition) is 0. The first kappa shape index (κ1) is 13.8. The number of carbonyl (C=O) groups excluding carboxylic acids is 1. The molecule has 0 aliphatic carbocycles. The van der Waals surface area contributed by atoms with Crippen molar-refractivity contribution in [3.8, 4) is 0 Å². The van der Waals surface area contributed by atoms with Crippen molar-refractivity contribution in [2.45, 2.75) is 25.7 Å². The summed E-state index contributed by atoms with van der Waals surface area (Å²) in [6.07, 6.45) is 6.94. The van der Waals surface area contributed by atoms with Gasteiger partial charge in [0.15, 0.2) is 0 Å². The second kappa shape index (κ2) is 5.68. The van der Waals surface area contributed by atoms with Gasteiger partial charge in [-0.05, 0) is 25.0 Å². The van der Waals surface area contributed by atoms with Crippen LogP contribution in [0.15, 0.2) is 30.7 Å². The Balaban J connectivity index is 1.64. The Bertz CT molecular complexity index is 635. The van der Waals surface area contributed by atoms with Gasteiger partial charge in [0.2, 0.25) is 5.91 Å². The van der Waals surface area contributed by atoms with Crippen LogP contribution in [0.5, 0.6) is 0 Å². The molecule has 0 N–H and O–H groups in total. The van der Waals surface area contributed by atoms with E-state index in [1.165, 1.54) is 0 Å². The summed E-state index contributed by atoms with van der Waals surface area (Å²) in [6, 6.07) is 3.81. The molecule has 5 heteroatoms. The van der Waals surface area contributed by atoms with E-state index < -0.39 is 0 Å². The molecule has 1 amide bonds. The van der Waals surface area contributed by atoms with Gasteiger partial charge in [-0.1, -0.05) is 6.07 Å². The van der Waals surface area contributed by atoms with Gasteiger partial charge in [-0.15, -0.1) is 0 Å². The molecule has 1 saturated heterocycles. The number of likely N-dealkylation sites (tertiary alicyclic amines) is 1. The van der Waals surface area contributed by atoms with Gasteiger partial charge < -0.3 is 9.47 Å².